The van der Waals surface area contributed by atoms with Crippen molar-refractivity contribution in [2.75, 3.05) is 0 Å². The lowest BCUT2D eigenvalue weighted by molar-refractivity contribution is -0.150. The van der Waals surface area contributed by atoms with Crippen molar-refractivity contribution in [3.8, 4) is 0 Å². The molecule has 1 aliphatic rings. The van der Waals surface area contributed by atoms with Gasteiger partial charge in [-0.25, -0.2) is 0 Å². The summed E-state index contributed by atoms with van der Waals surface area (Å²) < 4.78 is 0. The number of carbonyl (C=O) groups is 2. The van der Waals surface area contributed by atoms with E-state index in [0.717, 1.165) is 6.42 Å². The molecule has 0 aromatic carbocycles. The van der Waals surface area contributed by atoms with E-state index < -0.39 is 11.9 Å². The smallest absolute Gasteiger partial charge is 0.308 e. The van der Waals surface area contributed by atoms with Crippen LogP contribution in [0.25, 0.3) is 0 Å². The average molecular weight is 199 g/mol. The van der Waals surface area contributed by atoms with Gasteiger partial charge >= 0.3 is 5.97 Å². The highest BCUT2D eigenvalue weighted by Gasteiger charge is 2.37. The van der Waals surface area contributed by atoms with Crippen LogP contribution in [0.15, 0.2) is 0 Å². The molecule has 1 rings (SSSR count). The lowest BCUT2D eigenvalue weighted by Crippen LogP contribution is -2.52. The molecule has 0 bridgehead atoms. The van der Waals surface area contributed by atoms with E-state index in [2.05, 4.69) is 0 Å². The van der Waals surface area contributed by atoms with Gasteiger partial charge in [-0.05, 0) is 26.7 Å². The van der Waals surface area contributed by atoms with Crippen molar-refractivity contribution in [3.05, 3.63) is 0 Å². The first-order chi connectivity index (χ1) is 6.45. The molecule has 1 amide bonds. The Morgan fingerprint density at radius 3 is 2.29 bits per heavy atom. The number of aliphatic carboxylic acids is 1. The molecule has 0 aliphatic carbocycles. The molecule has 1 heterocycles. The van der Waals surface area contributed by atoms with E-state index in [1.807, 2.05) is 13.8 Å². The molecule has 0 aromatic heterocycles. The Kier molecular flexibility index (Phi) is 3.13. The zero-order valence-electron chi connectivity index (χ0n) is 8.86. The quantitative estimate of drug-likeness (QED) is 0.688. The van der Waals surface area contributed by atoms with Crippen molar-refractivity contribution in [2.24, 2.45) is 5.92 Å². The molecule has 4 nitrogen and oxygen atoms in total. The van der Waals surface area contributed by atoms with Gasteiger partial charge in [-0.1, -0.05) is 0 Å². The molecule has 0 aromatic rings. The lowest BCUT2D eigenvalue weighted by atomic mass is 9.87. The van der Waals surface area contributed by atoms with Crippen LogP contribution in [0.1, 0.15) is 33.6 Å². The van der Waals surface area contributed by atoms with Gasteiger partial charge in [0, 0.05) is 19.0 Å². The number of nitrogens with zero attached hydrogens (tertiary/aromatic N) is 1. The Labute approximate surface area is 83.9 Å². The molecule has 0 radical (unpaired) electrons. The average Bonchev–Trinajstić information content (AvgIpc) is 2.02. The molecule has 80 valence electrons. The maximum Gasteiger partial charge on any atom is 0.308 e. The van der Waals surface area contributed by atoms with Gasteiger partial charge in [0.2, 0.25) is 5.91 Å². The summed E-state index contributed by atoms with van der Waals surface area (Å²) >= 11 is 0. The van der Waals surface area contributed by atoms with Crippen molar-refractivity contribution in [2.45, 2.75) is 45.7 Å². The van der Waals surface area contributed by atoms with Crippen LogP contribution < -0.4 is 0 Å². The Hall–Kier alpha value is -1.06. The lowest BCUT2D eigenvalue weighted by Gasteiger charge is -2.41. The molecular weight excluding hydrogens is 182 g/mol. The Morgan fingerprint density at radius 2 is 1.86 bits per heavy atom. The predicted octanol–water partition coefficient (Wildman–Crippen LogP) is 1.11. The maximum atomic E-state index is 11.3. The van der Waals surface area contributed by atoms with E-state index >= 15 is 0 Å². The van der Waals surface area contributed by atoms with E-state index in [-0.39, 0.29) is 18.0 Å². The van der Waals surface area contributed by atoms with Crippen LogP contribution >= 0.6 is 0 Å². The van der Waals surface area contributed by atoms with E-state index in [1.165, 1.54) is 6.92 Å². The first-order valence-corrected chi connectivity index (χ1v) is 4.97. The summed E-state index contributed by atoms with van der Waals surface area (Å²) in [6, 6.07) is -0.0214. The molecule has 3 atom stereocenters. The number of carbonyl (C=O) groups excluding carboxylic acids is 1. The summed E-state index contributed by atoms with van der Waals surface area (Å²) in [6.07, 6.45) is 1.45. The van der Waals surface area contributed by atoms with Gasteiger partial charge in [0.15, 0.2) is 0 Å². The fourth-order valence-electron chi connectivity index (χ4n) is 2.32. The minimum Gasteiger partial charge on any atom is -0.481 e. The monoisotopic (exact) mass is 199 g/mol. The normalized spacial score (nSPS) is 32.8. The second kappa shape index (κ2) is 3.98. The Morgan fingerprint density at radius 1 is 1.29 bits per heavy atom. The SMILES string of the molecule is CC(=O)N1[C@H](C)CC[C@H](C(=O)O)[C@@H]1C. The molecule has 1 fully saturated rings. The van der Waals surface area contributed by atoms with Crippen LogP contribution in [-0.4, -0.2) is 34.0 Å². The number of carboxylic acid groups (broad SMARTS) is 1. The van der Waals surface area contributed by atoms with Gasteiger partial charge in [-0.2, -0.15) is 0 Å². The highest BCUT2D eigenvalue weighted by atomic mass is 16.4. The van der Waals surface area contributed by atoms with Crippen molar-refractivity contribution in [3.63, 3.8) is 0 Å². The number of hydrogen-bond donors (Lipinski definition) is 1. The van der Waals surface area contributed by atoms with Crippen molar-refractivity contribution < 1.29 is 14.7 Å². The van der Waals surface area contributed by atoms with Gasteiger partial charge < -0.3 is 10.0 Å². The summed E-state index contributed by atoms with van der Waals surface area (Å²) in [6.45, 7) is 5.28. The third-order valence-corrected chi connectivity index (χ3v) is 3.07. The zero-order valence-corrected chi connectivity index (χ0v) is 8.86. The topological polar surface area (TPSA) is 57.6 Å². The molecule has 0 unspecified atom stereocenters. The van der Waals surface area contributed by atoms with E-state index in [4.69, 9.17) is 5.11 Å². The second-order valence-electron chi connectivity index (χ2n) is 4.04. The van der Waals surface area contributed by atoms with Gasteiger partial charge in [0.1, 0.15) is 0 Å². The third kappa shape index (κ3) is 1.89. The molecule has 1 saturated heterocycles. The highest BCUT2D eigenvalue weighted by Crippen LogP contribution is 2.28. The Bertz CT molecular complexity index is 252. The van der Waals surface area contributed by atoms with Gasteiger partial charge in [-0.3, -0.25) is 9.59 Å². The van der Waals surface area contributed by atoms with E-state index in [1.54, 1.807) is 4.90 Å². The van der Waals surface area contributed by atoms with Crippen LogP contribution in [0.4, 0.5) is 0 Å². The summed E-state index contributed by atoms with van der Waals surface area (Å²) in [5, 5.41) is 8.96. The highest BCUT2D eigenvalue weighted by molar-refractivity contribution is 5.77. The van der Waals surface area contributed by atoms with Crippen molar-refractivity contribution in [1.82, 2.24) is 4.90 Å². The summed E-state index contributed by atoms with van der Waals surface area (Å²) in [5.41, 5.74) is 0. The van der Waals surface area contributed by atoms with Crippen LogP contribution in [0.3, 0.4) is 0 Å². The molecule has 1 N–H and O–H groups in total. The molecule has 4 heteroatoms. The first kappa shape index (κ1) is 11.0. The Balaban J connectivity index is 2.82. The van der Waals surface area contributed by atoms with Crippen molar-refractivity contribution >= 4 is 11.9 Å². The minimum atomic E-state index is -0.796. The first-order valence-electron chi connectivity index (χ1n) is 4.97. The minimum absolute atomic E-state index is 0.0315. The standard InChI is InChI=1S/C10H17NO3/c1-6-4-5-9(10(13)14)7(2)11(6)8(3)12/h6-7,9H,4-5H2,1-3H3,(H,13,14)/t6-,7+,9+/m1/s1. The summed E-state index contributed by atoms with van der Waals surface area (Å²) in [4.78, 5) is 23.9. The molecule has 14 heavy (non-hydrogen) atoms. The van der Waals surface area contributed by atoms with Crippen LogP contribution in [0.5, 0.6) is 0 Å². The third-order valence-electron chi connectivity index (χ3n) is 3.07. The van der Waals surface area contributed by atoms with Gasteiger partial charge in [0.05, 0.1) is 5.92 Å². The largest absolute Gasteiger partial charge is 0.481 e. The van der Waals surface area contributed by atoms with Crippen molar-refractivity contribution in [1.29, 1.82) is 0 Å². The number of amides is 1. The predicted molar refractivity (Wildman–Crippen MR) is 51.8 cm³/mol. The molecular formula is C10H17NO3. The number of rotatable bonds is 1. The van der Waals surface area contributed by atoms with Crippen LogP contribution in [-0.2, 0) is 9.59 Å². The van der Waals surface area contributed by atoms with Gasteiger partial charge in [0.25, 0.3) is 0 Å². The molecule has 1 aliphatic heterocycles. The second-order valence-corrected chi connectivity index (χ2v) is 4.04. The summed E-state index contributed by atoms with van der Waals surface area (Å²) in [5.74, 6) is -1.23. The summed E-state index contributed by atoms with van der Waals surface area (Å²) in [7, 11) is 0. The number of likely N-dealkylation sites (tertiary alicyclic amines) is 1. The number of hydrogen-bond acceptors (Lipinski definition) is 2. The molecule has 0 saturated carbocycles. The van der Waals surface area contributed by atoms with E-state index in [0.29, 0.717) is 6.42 Å². The molecule has 0 spiro atoms. The fraction of sp³-hybridized carbons (Fsp3) is 0.800. The number of piperidine rings is 1. The maximum absolute atomic E-state index is 11.3. The fourth-order valence-corrected chi connectivity index (χ4v) is 2.32. The van der Waals surface area contributed by atoms with Crippen LogP contribution in [0.2, 0.25) is 0 Å². The zero-order chi connectivity index (χ0) is 10.9. The van der Waals surface area contributed by atoms with Gasteiger partial charge in [-0.15, -0.1) is 0 Å². The van der Waals surface area contributed by atoms with E-state index in [9.17, 15) is 9.59 Å². The van der Waals surface area contributed by atoms with Crippen LogP contribution in [0, 0.1) is 5.92 Å². The number of carboxylic acids is 1.